The third-order valence-electron chi connectivity index (χ3n) is 5.19. The van der Waals surface area contributed by atoms with Crippen molar-refractivity contribution in [2.75, 3.05) is 26.2 Å². The molecule has 3 heteroatoms. The molecule has 20 heavy (non-hydrogen) atoms. The molecule has 2 rings (SSSR count). The number of ether oxygens (including phenoxy) is 1. The Morgan fingerprint density at radius 2 is 2.15 bits per heavy atom. The van der Waals surface area contributed by atoms with E-state index in [-0.39, 0.29) is 0 Å². The molecule has 0 radical (unpaired) electrons. The Kier molecular flexibility index (Phi) is 5.88. The summed E-state index contributed by atoms with van der Waals surface area (Å²) in [6, 6.07) is 0.651. The molecule has 2 fully saturated rings. The molecule has 0 aromatic heterocycles. The van der Waals surface area contributed by atoms with E-state index in [1.165, 1.54) is 38.6 Å². The molecule has 0 amide bonds. The molecule has 3 atom stereocenters. The van der Waals surface area contributed by atoms with Crippen molar-refractivity contribution in [3.63, 3.8) is 0 Å². The molecule has 0 saturated carbocycles. The van der Waals surface area contributed by atoms with Gasteiger partial charge in [0, 0.05) is 37.8 Å². The van der Waals surface area contributed by atoms with Gasteiger partial charge >= 0.3 is 0 Å². The smallest absolute Gasteiger partial charge is 0.0702 e. The van der Waals surface area contributed by atoms with Gasteiger partial charge in [0.1, 0.15) is 0 Å². The van der Waals surface area contributed by atoms with Crippen molar-refractivity contribution in [2.24, 2.45) is 5.92 Å². The van der Waals surface area contributed by atoms with Gasteiger partial charge in [0.2, 0.25) is 0 Å². The van der Waals surface area contributed by atoms with Gasteiger partial charge in [0.25, 0.3) is 0 Å². The second kappa shape index (κ2) is 7.24. The molecule has 2 aliphatic rings. The fourth-order valence-electron chi connectivity index (χ4n) is 3.59. The van der Waals surface area contributed by atoms with Crippen molar-refractivity contribution in [1.82, 2.24) is 10.2 Å². The predicted octanol–water partition coefficient (Wildman–Crippen LogP) is 3.04. The van der Waals surface area contributed by atoms with Gasteiger partial charge in [0.05, 0.1) is 6.10 Å². The Morgan fingerprint density at radius 3 is 2.75 bits per heavy atom. The molecular weight excluding hydrogens is 248 g/mol. The third kappa shape index (κ3) is 4.19. The third-order valence-corrected chi connectivity index (χ3v) is 5.19. The summed E-state index contributed by atoms with van der Waals surface area (Å²) in [6.45, 7) is 13.8. The van der Waals surface area contributed by atoms with E-state index < -0.39 is 0 Å². The molecular formula is C17H34N2O. The van der Waals surface area contributed by atoms with Crippen LogP contribution in [0.4, 0.5) is 0 Å². The first-order valence-corrected chi connectivity index (χ1v) is 8.63. The number of rotatable bonds is 5. The number of piperazine rings is 1. The highest BCUT2D eigenvalue weighted by atomic mass is 16.5. The zero-order chi connectivity index (χ0) is 14.6. The highest BCUT2D eigenvalue weighted by Crippen LogP contribution is 2.26. The number of nitrogens with zero attached hydrogens (tertiary/aromatic N) is 1. The maximum Gasteiger partial charge on any atom is 0.0702 e. The van der Waals surface area contributed by atoms with Crippen molar-refractivity contribution >= 4 is 0 Å². The van der Waals surface area contributed by atoms with Crippen LogP contribution < -0.4 is 5.32 Å². The lowest BCUT2D eigenvalue weighted by Gasteiger charge is -2.49. The molecule has 1 N–H and O–H groups in total. The first kappa shape index (κ1) is 16.3. The van der Waals surface area contributed by atoms with Gasteiger partial charge < -0.3 is 10.1 Å². The van der Waals surface area contributed by atoms with Gasteiger partial charge in [-0.15, -0.1) is 0 Å². The van der Waals surface area contributed by atoms with Crippen molar-refractivity contribution in [1.29, 1.82) is 0 Å². The van der Waals surface area contributed by atoms with Crippen LogP contribution in [0, 0.1) is 5.92 Å². The second-order valence-electron chi connectivity index (χ2n) is 7.45. The Bertz CT molecular complexity index is 289. The highest BCUT2D eigenvalue weighted by molar-refractivity contribution is 4.96. The maximum absolute atomic E-state index is 5.97. The van der Waals surface area contributed by atoms with E-state index >= 15 is 0 Å². The van der Waals surface area contributed by atoms with E-state index in [1.54, 1.807) is 0 Å². The van der Waals surface area contributed by atoms with Crippen molar-refractivity contribution in [2.45, 2.75) is 77.5 Å². The van der Waals surface area contributed by atoms with Crippen molar-refractivity contribution < 1.29 is 4.74 Å². The lowest BCUT2D eigenvalue weighted by molar-refractivity contribution is -0.0438. The molecule has 0 aromatic rings. The lowest BCUT2D eigenvalue weighted by atomic mass is 9.89. The van der Waals surface area contributed by atoms with Crippen LogP contribution in [0.25, 0.3) is 0 Å². The van der Waals surface area contributed by atoms with Gasteiger partial charge in [-0.05, 0) is 44.9 Å². The Labute approximate surface area is 125 Å². The molecule has 2 aliphatic heterocycles. The summed E-state index contributed by atoms with van der Waals surface area (Å²) < 4.78 is 5.97. The van der Waals surface area contributed by atoms with Crippen LogP contribution in [0.15, 0.2) is 0 Å². The highest BCUT2D eigenvalue weighted by Gasteiger charge is 2.37. The zero-order valence-corrected chi connectivity index (χ0v) is 14.0. The number of hydrogen-bond acceptors (Lipinski definition) is 3. The predicted molar refractivity (Wildman–Crippen MR) is 85.1 cm³/mol. The van der Waals surface area contributed by atoms with E-state index in [0.717, 1.165) is 25.6 Å². The van der Waals surface area contributed by atoms with Crippen LogP contribution in [0.1, 0.15) is 59.8 Å². The minimum absolute atomic E-state index is 0.300. The summed E-state index contributed by atoms with van der Waals surface area (Å²) >= 11 is 0. The summed E-state index contributed by atoms with van der Waals surface area (Å²) in [5.41, 5.74) is 0.300. The van der Waals surface area contributed by atoms with Crippen LogP contribution in [0.2, 0.25) is 0 Å². The largest absolute Gasteiger partial charge is 0.377 e. The molecule has 0 aliphatic carbocycles. The number of nitrogens with one attached hydrogen (secondary N) is 1. The first-order valence-electron chi connectivity index (χ1n) is 8.63. The lowest BCUT2D eigenvalue weighted by Crippen LogP contribution is -2.64. The molecule has 3 unspecified atom stereocenters. The summed E-state index contributed by atoms with van der Waals surface area (Å²) in [5, 5.41) is 3.78. The fraction of sp³-hybridized carbons (Fsp3) is 1.00. The van der Waals surface area contributed by atoms with E-state index in [4.69, 9.17) is 4.74 Å². The normalized spacial score (nSPS) is 36.5. The van der Waals surface area contributed by atoms with Crippen LogP contribution in [-0.4, -0.2) is 48.8 Å². The van der Waals surface area contributed by atoms with Crippen LogP contribution in [-0.2, 0) is 4.74 Å². The standard InChI is InChI=1S/C17H34N2O/c1-5-17(4)13-18-15(10-14(2)3)11-19(17)12-16-8-6-7-9-20-16/h14-16,18H,5-13H2,1-4H3. The second-order valence-corrected chi connectivity index (χ2v) is 7.45. The first-order chi connectivity index (χ1) is 9.53. The SMILES string of the molecule is CCC1(C)CNC(CC(C)C)CN1CC1CCCCO1. The van der Waals surface area contributed by atoms with Crippen LogP contribution in [0.5, 0.6) is 0 Å². The molecule has 0 spiro atoms. The monoisotopic (exact) mass is 282 g/mol. The van der Waals surface area contributed by atoms with Crippen molar-refractivity contribution in [3.05, 3.63) is 0 Å². The molecule has 0 aromatic carbocycles. The summed E-state index contributed by atoms with van der Waals surface area (Å²) in [4.78, 5) is 2.71. The molecule has 2 saturated heterocycles. The fourth-order valence-corrected chi connectivity index (χ4v) is 3.59. The molecule has 2 heterocycles. The Morgan fingerprint density at radius 1 is 1.35 bits per heavy atom. The minimum atomic E-state index is 0.300. The van der Waals surface area contributed by atoms with Crippen LogP contribution >= 0.6 is 0 Å². The molecule has 118 valence electrons. The van der Waals surface area contributed by atoms with Gasteiger partial charge in [-0.3, -0.25) is 4.90 Å². The number of hydrogen-bond donors (Lipinski definition) is 1. The van der Waals surface area contributed by atoms with Gasteiger partial charge in [-0.25, -0.2) is 0 Å². The summed E-state index contributed by atoms with van der Waals surface area (Å²) in [7, 11) is 0. The van der Waals surface area contributed by atoms with E-state index in [1.807, 2.05) is 0 Å². The average molecular weight is 282 g/mol. The van der Waals surface area contributed by atoms with Crippen LogP contribution in [0.3, 0.4) is 0 Å². The summed E-state index contributed by atoms with van der Waals surface area (Å²) in [5.74, 6) is 0.770. The summed E-state index contributed by atoms with van der Waals surface area (Å²) in [6.07, 6.45) is 6.79. The minimum Gasteiger partial charge on any atom is -0.377 e. The molecule has 3 nitrogen and oxygen atoms in total. The molecule has 0 bridgehead atoms. The van der Waals surface area contributed by atoms with Gasteiger partial charge in [0.15, 0.2) is 0 Å². The Hall–Kier alpha value is -0.120. The van der Waals surface area contributed by atoms with E-state index in [0.29, 0.717) is 17.7 Å². The van der Waals surface area contributed by atoms with Crippen molar-refractivity contribution in [3.8, 4) is 0 Å². The maximum atomic E-state index is 5.97. The van der Waals surface area contributed by atoms with E-state index in [2.05, 4.69) is 37.9 Å². The van der Waals surface area contributed by atoms with Gasteiger partial charge in [-0.2, -0.15) is 0 Å². The average Bonchev–Trinajstić information content (AvgIpc) is 2.43. The zero-order valence-electron chi connectivity index (χ0n) is 14.0. The Balaban J connectivity index is 1.95. The topological polar surface area (TPSA) is 24.5 Å². The van der Waals surface area contributed by atoms with Gasteiger partial charge in [-0.1, -0.05) is 20.8 Å². The van der Waals surface area contributed by atoms with E-state index in [9.17, 15) is 0 Å². The quantitative estimate of drug-likeness (QED) is 0.839.